The number of thioether (sulfide) groups is 3. The second-order valence-electron chi connectivity index (χ2n) is 40.4. The molecule has 0 amide bonds. The van der Waals surface area contributed by atoms with Gasteiger partial charge in [0.05, 0.1) is 0 Å². The second kappa shape index (κ2) is 51.7. The van der Waals surface area contributed by atoms with Crippen molar-refractivity contribution in [1.29, 1.82) is 0 Å². The summed E-state index contributed by atoms with van der Waals surface area (Å²) in [5.74, 6) is 5.17. The minimum absolute atomic E-state index is 0.271. The molecule has 0 saturated heterocycles. The van der Waals surface area contributed by atoms with Crippen LogP contribution in [0.5, 0.6) is 5.75 Å². The molecule has 556 valence electrons. The molecule has 0 fully saturated rings. The lowest BCUT2D eigenvalue weighted by molar-refractivity contribution is -0.131. The normalized spacial score (nSPS) is 11.7. The van der Waals surface area contributed by atoms with Crippen LogP contribution in [0.1, 0.15) is 319 Å². The molecule has 0 aromatic heterocycles. The van der Waals surface area contributed by atoms with Crippen molar-refractivity contribution in [3.63, 3.8) is 0 Å². The Labute approximate surface area is 616 Å². The molecule has 0 heterocycles. The summed E-state index contributed by atoms with van der Waals surface area (Å²) in [6, 6.07) is 50.1. The van der Waals surface area contributed by atoms with Gasteiger partial charge in [0.2, 0.25) is 0 Å². The lowest BCUT2D eigenvalue weighted by Crippen LogP contribution is -2.10. The molecule has 0 aliphatic carbocycles. The van der Waals surface area contributed by atoms with E-state index in [9.17, 15) is 4.79 Å². The van der Waals surface area contributed by atoms with Crippen LogP contribution < -0.4 is 4.74 Å². The molecule has 2 nitrogen and oxygen atoms in total. The fourth-order valence-corrected chi connectivity index (χ4v) is 9.28. The van der Waals surface area contributed by atoms with E-state index in [1.165, 1.54) is 76.3 Å². The number of carbonyl (C=O) groups is 1. The first-order valence-corrected chi connectivity index (χ1v) is 39.2. The van der Waals surface area contributed by atoms with Crippen molar-refractivity contribution in [3.05, 3.63) is 162 Å². The van der Waals surface area contributed by atoms with Gasteiger partial charge in [-0.3, -0.25) is 4.79 Å². The van der Waals surface area contributed by atoms with Gasteiger partial charge in [-0.1, -0.05) is 379 Å². The number of benzene rings is 5. The monoisotopic (exact) mass is 1380 g/mol. The lowest BCUT2D eigenvalue weighted by atomic mass is 9.87. The molecule has 0 bridgehead atoms. The number of ether oxygens (including phenoxy) is 1. The summed E-state index contributed by atoms with van der Waals surface area (Å²) in [6.07, 6.45) is 6.19. The summed E-state index contributed by atoms with van der Waals surface area (Å²) in [4.78, 5) is 13.6. The Morgan fingerprint density at radius 1 is 0.302 bits per heavy atom. The molecule has 0 aliphatic heterocycles. The van der Waals surface area contributed by atoms with Gasteiger partial charge in [-0.15, -0.1) is 23.5 Å². The predicted molar refractivity (Wildman–Crippen MR) is 451 cm³/mol. The van der Waals surface area contributed by atoms with Crippen molar-refractivity contribution < 1.29 is 9.53 Å². The Hall–Kier alpha value is -3.38. The number of hydrogen-bond donors (Lipinski definition) is 0. The Balaban J connectivity index is -0.000000241. The maximum atomic E-state index is 10.8. The minimum Gasteiger partial charge on any atom is -0.427 e. The van der Waals surface area contributed by atoms with Gasteiger partial charge in [-0.25, -0.2) is 0 Å². The van der Waals surface area contributed by atoms with Crippen LogP contribution >= 0.6 is 35.3 Å². The number of carbonyl (C=O) groups excluding carboxylic acids is 1. The van der Waals surface area contributed by atoms with Gasteiger partial charge < -0.3 is 4.74 Å². The molecular weight excluding hydrogens is 1220 g/mol. The smallest absolute Gasteiger partial charge is 0.308 e. The first-order chi connectivity index (χ1) is 42.7. The highest BCUT2D eigenvalue weighted by Crippen LogP contribution is 2.28. The van der Waals surface area contributed by atoms with Gasteiger partial charge in [0, 0.05) is 16.7 Å². The van der Waals surface area contributed by atoms with Gasteiger partial charge in [-0.2, -0.15) is 11.8 Å². The third-order valence-corrected chi connectivity index (χ3v) is 13.0. The van der Waals surface area contributed by atoms with Crippen LogP contribution in [0.4, 0.5) is 0 Å². The number of aryl methyl sites for hydroxylation is 1. The predicted octanol–water partition coefficient (Wildman–Crippen LogP) is 31.4. The van der Waals surface area contributed by atoms with E-state index < -0.39 is 0 Å². The van der Waals surface area contributed by atoms with E-state index >= 15 is 0 Å². The fraction of sp³-hybridized carbons (Fsp3) is 0.659. The Morgan fingerprint density at radius 3 is 0.750 bits per heavy atom. The largest absolute Gasteiger partial charge is 0.427 e. The van der Waals surface area contributed by atoms with Crippen molar-refractivity contribution in [3.8, 4) is 5.75 Å². The van der Waals surface area contributed by atoms with E-state index in [1.807, 2.05) is 59.6 Å². The molecule has 0 unspecified atom stereocenters. The van der Waals surface area contributed by atoms with Gasteiger partial charge in [0.1, 0.15) is 5.75 Å². The van der Waals surface area contributed by atoms with Crippen LogP contribution in [-0.4, -0.2) is 29.0 Å². The van der Waals surface area contributed by atoms with Crippen LogP contribution in [0.2, 0.25) is 0 Å². The molecule has 0 saturated carbocycles. The minimum atomic E-state index is -0.271. The molecule has 5 aromatic rings. The van der Waals surface area contributed by atoms with Crippen molar-refractivity contribution >= 4 is 41.3 Å². The van der Waals surface area contributed by atoms with Gasteiger partial charge in [0.15, 0.2) is 0 Å². The molecule has 0 spiro atoms. The van der Waals surface area contributed by atoms with Crippen LogP contribution in [0.25, 0.3) is 0 Å². The number of rotatable bonds is 13. The zero-order valence-electron chi connectivity index (χ0n) is 71.3. The van der Waals surface area contributed by atoms with Gasteiger partial charge in [0.25, 0.3) is 0 Å². The zero-order valence-corrected chi connectivity index (χ0v) is 73.7. The standard InChI is InChI=1S/C17H26O2S.2C12H18S.2C10H14.6C5H12/c1-14(18)19-16-8-6-15(7-9-16)10-13-20-12-5-11-17(2,3)4;2*1-12(2,3)9-10-13-11-7-5-4-6-8-11;2*1-10(2,3)9-7-5-4-6-8-9;6*1-5(2,3)4/h6-9H,5,10-13H2,1-4H3;2*4-8H,9-10H2,1-3H3;2*4-8H,1-3H3;6*1-4H3. The molecule has 0 aliphatic rings. The second-order valence-corrected chi connectivity index (χ2v) is 44.0. The lowest BCUT2D eigenvalue weighted by Gasteiger charge is -2.18. The summed E-state index contributed by atoms with van der Waals surface area (Å²) in [5.41, 5.74) is 9.05. The first-order valence-electron chi connectivity index (χ1n) is 36.1. The van der Waals surface area contributed by atoms with E-state index in [2.05, 4.69) is 391 Å². The van der Waals surface area contributed by atoms with Gasteiger partial charge >= 0.3 is 5.97 Å². The number of hydrogen-bond acceptors (Lipinski definition) is 5. The van der Waals surface area contributed by atoms with Crippen LogP contribution in [0.3, 0.4) is 0 Å². The maximum Gasteiger partial charge on any atom is 0.308 e. The summed E-state index contributed by atoms with van der Waals surface area (Å²) in [6.45, 7) is 87.9. The highest BCUT2D eigenvalue weighted by atomic mass is 32.2. The van der Waals surface area contributed by atoms with Crippen molar-refractivity contribution in [2.75, 3.05) is 23.0 Å². The molecule has 5 aromatic carbocycles. The first kappa shape index (κ1) is 104. The molecule has 0 N–H and O–H groups in total. The third kappa shape index (κ3) is 118. The third-order valence-electron chi connectivity index (χ3n) is 9.94. The quantitative estimate of drug-likeness (QED) is 0.0507. The highest BCUT2D eigenvalue weighted by Gasteiger charge is 2.14. The van der Waals surface area contributed by atoms with E-state index in [4.69, 9.17) is 4.74 Å². The molecule has 0 radical (unpaired) electrons. The maximum absolute atomic E-state index is 10.8. The van der Waals surface area contributed by atoms with Crippen molar-refractivity contribution in [2.45, 2.75) is 330 Å². The van der Waals surface area contributed by atoms with Crippen molar-refractivity contribution in [2.24, 2.45) is 48.7 Å². The summed E-state index contributed by atoms with van der Waals surface area (Å²) in [5, 5.41) is 0. The van der Waals surface area contributed by atoms with E-state index in [0.717, 1.165) is 12.2 Å². The Kier molecular flexibility index (Phi) is 55.8. The van der Waals surface area contributed by atoms with Crippen LogP contribution in [0.15, 0.2) is 155 Å². The van der Waals surface area contributed by atoms with Crippen LogP contribution in [-0.2, 0) is 22.0 Å². The molecular formula is C91H162O2S3. The SMILES string of the molecule is CC(=O)Oc1ccc(CCSCCCC(C)(C)C)cc1.CC(C)(C)C.CC(C)(C)C.CC(C)(C)C.CC(C)(C)C.CC(C)(C)C.CC(C)(C)C.CC(C)(C)CCSc1ccccc1.CC(C)(C)CCSc1ccccc1.CC(C)(C)c1ccccc1.CC(C)(C)c1ccccc1. The van der Waals surface area contributed by atoms with Crippen LogP contribution in [0, 0.1) is 48.7 Å². The fourth-order valence-electron chi connectivity index (χ4n) is 5.75. The summed E-state index contributed by atoms with van der Waals surface area (Å²) < 4.78 is 5.01. The zero-order chi connectivity index (χ0) is 76.7. The molecule has 5 heteroatoms. The van der Waals surface area contributed by atoms with Crippen molar-refractivity contribution in [1.82, 2.24) is 0 Å². The average Bonchev–Trinajstić information content (AvgIpc) is 0.970. The molecule has 96 heavy (non-hydrogen) atoms. The van der Waals surface area contributed by atoms with E-state index in [-0.39, 0.29) is 5.97 Å². The van der Waals surface area contributed by atoms with E-state index in [1.54, 1.807) is 0 Å². The summed E-state index contributed by atoms with van der Waals surface area (Å²) >= 11 is 5.91. The van der Waals surface area contributed by atoms with E-state index in [0.29, 0.717) is 65.3 Å². The Bertz CT molecular complexity index is 2270. The molecule has 0 atom stereocenters. The van der Waals surface area contributed by atoms with Gasteiger partial charge in [-0.05, 0) is 168 Å². The highest BCUT2D eigenvalue weighted by molar-refractivity contribution is 7.99. The topological polar surface area (TPSA) is 26.3 Å². The Morgan fingerprint density at radius 2 is 0.542 bits per heavy atom. The number of esters is 1. The average molecular weight is 1380 g/mol. The molecule has 5 rings (SSSR count). The summed E-state index contributed by atoms with van der Waals surface area (Å²) in [7, 11) is 0.